The van der Waals surface area contributed by atoms with Gasteiger partial charge in [0.2, 0.25) is 0 Å². The van der Waals surface area contributed by atoms with Crippen molar-refractivity contribution in [2.24, 2.45) is 5.92 Å². The quantitative estimate of drug-likeness (QED) is 0.654. The second-order valence-corrected chi connectivity index (χ2v) is 9.08. The Morgan fingerprint density at radius 1 is 1.17 bits per heavy atom. The first-order valence-corrected chi connectivity index (χ1v) is 10.4. The maximum atomic E-state index is 13.6. The van der Waals surface area contributed by atoms with Crippen molar-refractivity contribution >= 4 is 12.1 Å². The van der Waals surface area contributed by atoms with Crippen molar-refractivity contribution in [3.05, 3.63) is 35.1 Å². The standard InChI is InChI=1S/C23H34FNO4/c1-14-13-18(24)11-12-19(14)20(17-9-7-8-10-17)16(3)28-21(26)15(2)25-22(27)29-23(4,5)6/h11-13,15-17,20H,7-10H2,1-6H3,(H,25,27)/t15-,16+,20-/m0/s1. The molecule has 0 bridgehead atoms. The van der Waals surface area contributed by atoms with Crippen molar-refractivity contribution in [3.8, 4) is 0 Å². The van der Waals surface area contributed by atoms with Gasteiger partial charge in [-0.05, 0) is 83.6 Å². The highest BCUT2D eigenvalue weighted by Gasteiger charge is 2.34. The summed E-state index contributed by atoms with van der Waals surface area (Å²) in [5.74, 6) is -0.394. The molecule has 1 N–H and O–H groups in total. The van der Waals surface area contributed by atoms with Crippen LogP contribution in [0.3, 0.4) is 0 Å². The number of benzene rings is 1. The lowest BCUT2D eigenvalue weighted by atomic mass is 9.79. The van der Waals surface area contributed by atoms with Crippen LogP contribution in [0, 0.1) is 18.7 Å². The van der Waals surface area contributed by atoms with E-state index in [-0.39, 0.29) is 11.7 Å². The molecule has 0 aliphatic heterocycles. The summed E-state index contributed by atoms with van der Waals surface area (Å²) in [5, 5.41) is 2.52. The minimum atomic E-state index is -0.828. The number of alkyl carbamates (subject to hydrolysis) is 1. The van der Waals surface area contributed by atoms with Crippen molar-refractivity contribution in [3.63, 3.8) is 0 Å². The van der Waals surface area contributed by atoms with Gasteiger partial charge in [-0.2, -0.15) is 0 Å². The van der Waals surface area contributed by atoms with Gasteiger partial charge < -0.3 is 14.8 Å². The fraction of sp³-hybridized carbons (Fsp3) is 0.652. The van der Waals surface area contributed by atoms with E-state index in [0.29, 0.717) is 5.92 Å². The number of esters is 1. The molecule has 0 heterocycles. The number of aryl methyl sites for hydroxylation is 1. The third-order valence-electron chi connectivity index (χ3n) is 5.39. The number of rotatable bonds is 6. The van der Waals surface area contributed by atoms with E-state index in [4.69, 9.17) is 9.47 Å². The lowest BCUT2D eigenvalue weighted by Crippen LogP contribution is -2.43. The Bertz CT molecular complexity index is 722. The third kappa shape index (κ3) is 6.72. The van der Waals surface area contributed by atoms with Gasteiger partial charge in [0.1, 0.15) is 23.6 Å². The molecule has 162 valence electrons. The molecule has 1 aromatic carbocycles. The van der Waals surface area contributed by atoms with Crippen molar-refractivity contribution in [2.45, 2.75) is 90.9 Å². The minimum Gasteiger partial charge on any atom is -0.460 e. The Kier molecular flexibility index (Phi) is 7.66. The largest absolute Gasteiger partial charge is 0.460 e. The lowest BCUT2D eigenvalue weighted by molar-refractivity contribution is -0.152. The Morgan fingerprint density at radius 2 is 1.79 bits per heavy atom. The maximum Gasteiger partial charge on any atom is 0.408 e. The maximum absolute atomic E-state index is 13.6. The van der Waals surface area contributed by atoms with Crippen molar-refractivity contribution in [1.29, 1.82) is 0 Å². The Balaban J connectivity index is 2.09. The first-order valence-electron chi connectivity index (χ1n) is 10.4. The molecule has 0 saturated heterocycles. The monoisotopic (exact) mass is 407 g/mol. The summed E-state index contributed by atoms with van der Waals surface area (Å²) >= 11 is 0. The molecule has 0 unspecified atom stereocenters. The van der Waals surface area contributed by atoms with E-state index in [1.807, 2.05) is 13.8 Å². The fourth-order valence-corrected chi connectivity index (χ4v) is 4.12. The number of nitrogens with one attached hydrogen (secondary N) is 1. The molecular formula is C23H34FNO4. The van der Waals surface area contributed by atoms with Crippen molar-refractivity contribution in [1.82, 2.24) is 5.32 Å². The predicted octanol–water partition coefficient (Wildman–Crippen LogP) is 5.25. The van der Waals surface area contributed by atoms with Crippen LogP contribution in [-0.4, -0.2) is 29.8 Å². The molecule has 5 nitrogen and oxygen atoms in total. The predicted molar refractivity (Wildman–Crippen MR) is 110 cm³/mol. The number of carbonyl (C=O) groups excluding carboxylic acids is 2. The van der Waals surface area contributed by atoms with Crippen molar-refractivity contribution in [2.75, 3.05) is 0 Å². The zero-order valence-electron chi connectivity index (χ0n) is 18.4. The summed E-state index contributed by atoms with van der Waals surface area (Å²) in [4.78, 5) is 24.5. The molecular weight excluding hydrogens is 373 g/mol. The molecule has 6 heteroatoms. The molecule has 1 aliphatic carbocycles. The van der Waals surface area contributed by atoms with Crippen LogP contribution in [0.5, 0.6) is 0 Å². The van der Waals surface area contributed by atoms with E-state index in [1.165, 1.54) is 12.1 Å². The highest BCUT2D eigenvalue weighted by Crippen LogP contribution is 2.41. The van der Waals surface area contributed by atoms with E-state index in [0.717, 1.165) is 36.8 Å². The molecule has 29 heavy (non-hydrogen) atoms. The average Bonchev–Trinajstić information content (AvgIpc) is 3.09. The van der Waals surface area contributed by atoms with Gasteiger partial charge in [0.05, 0.1) is 0 Å². The van der Waals surface area contributed by atoms with Gasteiger partial charge in [-0.3, -0.25) is 0 Å². The molecule has 1 fully saturated rings. The number of halogens is 1. The van der Waals surface area contributed by atoms with Crippen LogP contribution in [0.2, 0.25) is 0 Å². The molecule has 1 amide bonds. The van der Waals surface area contributed by atoms with E-state index in [2.05, 4.69) is 5.32 Å². The lowest BCUT2D eigenvalue weighted by Gasteiger charge is -2.31. The van der Waals surface area contributed by atoms with Crippen LogP contribution >= 0.6 is 0 Å². The smallest absolute Gasteiger partial charge is 0.408 e. The number of carbonyl (C=O) groups is 2. The van der Waals surface area contributed by atoms with E-state index in [1.54, 1.807) is 33.8 Å². The summed E-state index contributed by atoms with van der Waals surface area (Å²) in [5.41, 5.74) is 1.24. The highest BCUT2D eigenvalue weighted by atomic mass is 19.1. The molecule has 3 atom stereocenters. The summed E-state index contributed by atoms with van der Waals surface area (Å²) in [6, 6.07) is 3.97. The average molecular weight is 408 g/mol. The van der Waals surface area contributed by atoms with Gasteiger partial charge in [0, 0.05) is 5.92 Å². The first kappa shape index (κ1) is 23.2. The second kappa shape index (κ2) is 9.59. The van der Waals surface area contributed by atoms with Gasteiger partial charge in [0.15, 0.2) is 0 Å². The van der Waals surface area contributed by atoms with E-state index in [9.17, 15) is 14.0 Å². The van der Waals surface area contributed by atoms with Crippen LogP contribution in [0.25, 0.3) is 0 Å². The third-order valence-corrected chi connectivity index (χ3v) is 5.39. The number of hydrogen-bond acceptors (Lipinski definition) is 4. The van der Waals surface area contributed by atoms with Crippen LogP contribution in [-0.2, 0) is 14.3 Å². The van der Waals surface area contributed by atoms with Gasteiger partial charge in [-0.1, -0.05) is 18.9 Å². The topological polar surface area (TPSA) is 64.6 Å². The van der Waals surface area contributed by atoms with Crippen LogP contribution in [0.4, 0.5) is 9.18 Å². The molecule has 0 radical (unpaired) electrons. The van der Waals surface area contributed by atoms with Gasteiger partial charge in [0.25, 0.3) is 0 Å². The Labute approximate surface area is 173 Å². The van der Waals surface area contributed by atoms with E-state index < -0.39 is 29.8 Å². The molecule has 2 rings (SSSR count). The van der Waals surface area contributed by atoms with Crippen molar-refractivity contribution < 1.29 is 23.5 Å². The molecule has 0 aromatic heterocycles. The molecule has 1 saturated carbocycles. The van der Waals surface area contributed by atoms with E-state index >= 15 is 0 Å². The summed E-state index contributed by atoms with van der Waals surface area (Å²) in [7, 11) is 0. The Morgan fingerprint density at radius 3 is 2.34 bits per heavy atom. The summed E-state index contributed by atoms with van der Waals surface area (Å²) < 4.78 is 24.6. The summed E-state index contributed by atoms with van der Waals surface area (Å²) in [6.07, 6.45) is 3.38. The number of ether oxygens (including phenoxy) is 2. The fourth-order valence-electron chi connectivity index (χ4n) is 4.12. The second-order valence-electron chi connectivity index (χ2n) is 9.08. The minimum absolute atomic E-state index is 0.00391. The van der Waals surface area contributed by atoms with Crippen LogP contribution < -0.4 is 5.32 Å². The van der Waals surface area contributed by atoms with Crippen LogP contribution in [0.15, 0.2) is 18.2 Å². The first-order chi connectivity index (χ1) is 13.5. The Hall–Kier alpha value is -2.11. The van der Waals surface area contributed by atoms with Gasteiger partial charge in [-0.25, -0.2) is 14.0 Å². The SMILES string of the molecule is Cc1cc(F)ccc1[C@H](C1CCCC1)[C@@H](C)OC(=O)[C@H](C)NC(=O)OC(C)(C)C. The molecule has 1 aliphatic rings. The summed E-state index contributed by atoms with van der Waals surface area (Å²) in [6.45, 7) is 10.6. The van der Waals surface area contributed by atoms with Gasteiger partial charge >= 0.3 is 12.1 Å². The molecule has 0 spiro atoms. The van der Waals surface area contributed by atoms with Crippen LogP contribution in [0.1, 0.15) is 77.3 Å². The van der Waals surface area contributed by atoms with Gasteiger partial charge in [-0.15, -0.1) is 0 Å². The zero-order valence-corrected chi connectivity index (χ0v) is 18.4. The zero-order chi connectivity index (χ0) is 21.8. The normalized spacial score (nSPS) is 18.0. The molecule has 1 aromatic rings. The number of amides is 1. The number of hydrogen-bond donors (Lipinski definition) is 1. The highest BCUT2D eigenvalue weighted by molar-refractivity contribution is 5.81.